The van der Waals surface area contributed by atoms with Gasteiger partial charge in [0.05, 0.1) is 7.11 Å². The molecule has 2 N–H and O–H groups in total. The number of hydrogen-bond acceptors (Lipinski definition) is 4. The maximum absolute atomic E-state index is 13.0. The molecule has 0 aromatic carbocycles. The Labute approximate surface area is 86.6 Å². The van der Waals surface area contributed by atoms with E-state index in [-0.39, 0.29) is 25.8 Å². The van der Waals surface area contributed by atoms with Crippen LogP contribution >= 0.6 is 0 Å². The van der Waals surface area contributed by atoms with E-state index in [4.69, 9.17) is 5.11 Å². The lowest BCUT2D eigenvalue weighted by Crippen LogP contribution is -2.48. The number of nitrogens with one attached hydrogen (secondary N) is 1. The van der Waals surface area contributed by atoms with Crippen LogP contribution < -0.4 is 5.32 Å². The van der Waals surface area contributed by atoms with Crippen molar-refractivity contribution in [3.05, 3.63) is 0 Å². The number of carbonyl (C=O) groups is 2. The molecular weight excluding hydrogens is 205 g/mol. The van der Waals surface area contributed by atoms with Crippen LogP contribution in [0.4, 0.5) is 4.39 Å². The summed E-state index contributed by atoms with van der Waals surface area (Å²) in [6.07, 6.45) is -1.28. The Morgan fingerprint density at radius 2 is 2.33 bits per heavy atom. The molecule has 1 aliphatic heterocycles. The predicted molar refractivity (Wildman–Crippen MR) is 49.1 cm³/mol. The van der Waals surface area contributed by atoms with Crippen LogP contribution in [0.25, 0.3) is 0 Å². The monoisotopic (exact) mass is 219 g/mol. The van der Waals surface area contributed by atoms with Crippen LogP contribution in [0.3, 0.4) is 0 Å². The molecule has 0 aliphatic carbocycles. The summed E-state index contributed by atoms with van der Waals surface area (Å²) in [5.74, 6) is -1.61. The molecule has 1 heterocycles. The fraction of sp³-hybridized carbons (Fsp3) is 0.778. The van der Waals surface area contributed by atoms with Crippen LogP contribution in [-0.2, 0) is 14.3 Å². The van der Waals surface area contributed by atoms with Crippen LogP contribution in [0.5, 0.6) is 0 Å². The van der Waals surface area contributed by atoms with Crippen molar-refractivity contribution in [3.8, 4) is 0 Å². The lowest BCUT2D eigenvalue weighted by atomic mass is 9.91. The minimum Gasteiger partial charge on any atom is -0.481 e. The van der Waals surface area contributed by atoms with Crippen LogP contribution in [-0.4, -0.2) is 42.4 Å². The standard InChI is InChI=1S/C9H14FNO4/c1-15-8(14)9(3-2-7(12)13)4-6(10)5-11-9/h6,11H,2-5H2,1H3,(H,12,13)/t6-,9?/m1/s1. The third-order valence-corrected chi connectivity index (χ3v) is 2.57. The van der Waals surface area contributed by atoms with Gasteiger partial charge in [0, 0.05) is 19.4 Å². The average molecular weight is 219 g/mol. The summed E-state index contributed by atoms with van der Waals surface area (Å²) in [7, 11) is 1.21. The molecule has 15 heavy (non-hydrogen) atoms. The third-order valence-electron chi connectivity index (χ3n) is 2.57. The van der Waals surface area contributed by atoms with Gasteiger partial charge in [0.15, 0.2) is 0 Å². The van der Waals surface area contributed by atoms with Gasteiger partial charge in [-0.1, -0.05) is 0 Å². The van der Waals surface area contributed by atoms with Crippen molar-refractivity contribution in [3.63, 3.8) is 0 Å². The normalized spacial score (nSPS) is 30.1. The molecule has 0 radical (unpaired) electrons. The highest BCUT2D eigenvalue weighted by atomic mass is 19.1. The molecule has 0 amide bonds. The molecule has 1 unspecified atom stereocenters. The summed E-state index contributed by atoms with van der Waals surface area (Å²) >= 11 is 0. The number of rotatable bonds is 4. The average Bonchev–Trinajstić information content (AvgIpc) is 2.57. The number of aliphatic carboxylic acids is 1. The van der Waals surface area contributed by atoms with Crippen LogP contribution in [0, 0.1) is 0 Å². The largest absolute Gasteiger partial charge is 0.481 e. The number of carboxylic acids is 1. The lowest BCUT2D eigenvalue weighted by molar-refractivity contribution is -0.149. The zero-order valence-electron chi connectivity index (χ0n) is 8.46. The summed E-state index contributed by atoms with van der Waals surface area (Å²) in [4.78, 5) is 21.9. The molecule has 1 fully saturated rings. The molecule has 0 saturated carbocycles. The summed E-state index contributed by atoms with van der Waals surface area (Å²) < 4.78 is 17.6. The molecule has 5 nitrogen and oxygen atoms in total. The number of hydrogen-bond donors (Lipinski definition) is 2. The molecule has 0 bridgehead atoms. The second kappa shape index (κ2) is 4.57. The topological polar surface area (TPSA) is 75.6 Å². The molecule has 0 aromatic heterocycles. The summed E-state index contributed by atoms with van der Waals surface area (Å²) in [5.41, 5.74) is -1.16. The van der Waals surface area contributed by atoms with Gasteiger partial charge in [-0.05, 0) is 6.42 Å². The summed E-state index contributed by atoms with van der Waals surface area (Å²) in [5, 5.41) is 11.2. The first-order valence-electron chi connectivity index (χ1n) is 4.69. The molecule has 1 aliphatic rings. The molecule has 1 rings (SSSR count). The van der Waals surface area contributed by atoms with E-state index in [1.54, 1.807) is 0 Å². The molecular formula is C9H14FNO4. The molecule has 6 heteroatoms. The van der Waals surface area contributed by atoms with Gasteiger partial charge in [-0.3, -0.25) is 14.9 Å². The first-order chi connectivity index (χ1) is 7.00. The number of methoxy groups -OCH3 is 1. The summed E-state index contributed by atoms with van der Waals surface area (Å²) in [6.45, 7) is 0.0642. The Morgan fingerprint density at radius 1 is 1.67 bits per heavy atom. The van der Waals surface area contributed by atoms with E-state index < -0.39 is 23.6 Å². The number of carbonyl (C=O) groups excluding carboxylic acids is 1. The number of carboxylic acid groups (broad SMARTS) is 1. The van der Waals surface area contributed by atoms with Gasteiger partial charge >= 0.3 is 11.9 Å². The molecule has 2 atom stereocenters. The Kier molecular flexibility index (Phi) is 3.62. The fourth-order valence-corrected chi connectivity index (χ4v) is 1.79. The van der Waals surface area contributed by atoms with Gasteiger partial charge in [0.25, 0.3) is 0 Å². The SMILES string of the molecule is COC(=O)C1(CCC(=O)O)C[C@@H](F)CN1. The first kappa shape index (κ1) is 11.9. The van der Waals surface area contributed by atoms with E-state index in [1.807, 2.05) is 0 Å². The second-order valence-corrected chi connectivity index (χ2v) is 3.65. The highest BCUT2D eigenvalue weighted by Gasteiger charge is 2.46. The van der Waals surface area contributed by atoms with Crippen LogP contribution in [0.2, 0.25) is 0 Å². The van der Waals surface area contributed by atoms with Crippen LogP contribution in [0.1, 0.15) is 19.3 Å². The third kappa shape index (κ3) is 2.65. The van der Waals surface area contributed by atoms with Crippen LogP contribution in [0.15, 0.2) is 0 Å². The molecule has 1 saturated heterocycles. The lowest BCUT2D eigenvalue weighted by Gasteiger charge is -2.25. The number of halogens is 1. The predicted octanol–water partition coefficient (Wildman–Crippen LogP) is 0.0944. The van der Waals surface area contributed by atoms with Crippen molar-refractivity contribution < 1.29 is 23.8 Å². The summed E-state index contributed by atoms with van der Waals surface area (Å²) in [6, 6.07) is 0. The number of ether oxygens (including phenoxy) is 1. The maximum Gasteiger partial charge on any atom is 0.326 e. The van der Waals surface area contributed by atoms with E-state index >= 15 is 0 Å². The van der Waals surface area contributed by atoms with E-state index in [0.717, 1.165) is 0 Å². The Balaban J connectivity index is 2.69. The highest BCUT2D eigenvalue weighted by Crippen LogP contribution is 2.27. The van der Waals surface area contributed by atoms with Crippen molar-refractivity contribution >= 4 is 11.9 Å². The Morgan fingerprint density at radius 3 is 2.73 bits per heavy atom. The van der Waals surface area contributed by atoms with Gasteiger partial charge in [0.1, 0.15) is 11.7 Å². The number of esters is 1. The van der Waals surface area contributed by atoms with Crippen molar-refractivity contribution in [2.24, 2.45) is 0 Å². The highest BCUT2D eigenvalue weighted by molar-refractivity contribution is 5.82. The van der Waals surface area contributed by atoms with Gasteiger partial charge < -0.3 is 9.84 Å². The molecule has 86 valence electrons. The zero-order chi connectivity index (χ0) is 11.5. The minimum atomic E-state index is -1.16. The first-order valence-corrected chi connectivity index (χ1v) is 4.69. The van der Waals surface area contributed by atoms with E-state index in [1.165, 1.54) is 7.11 Å². The van der Waals surface area contributed by atoms with E-state index in [0.29, 0.717) is 0 Å². The van der Waals surface area contributed by atoms with Gasteiger partial charge in [-0.15, -0.1) is 0 Å². The Hall–Kier alpha value is -1.17. The maximum atomic E-state index is 13.0. The number of alkyl halides is 1. The molecule has 0 aromatic rings. The minimum absolute atomic E-state index is 0.0209. The quantitative estimate of drug-likeness (QED) is 0.655. The second-order valence-electron chi connectivity index (χ2n) is 3.65. The van der Waals surface area contributed by atoms with Crippen molar-refractivity contribution in [1.29, 1.82) is 0 Å². The van der Waals surface area contributed by atoms with Crippen molar-refractivity contribution in [1.82, 2.24) is 5.32 Å². The Bertz CT molecular complexity index is 271. The van der Waals surface area contributed by atoms with Crippen molar-refractivity contribution in [2.45, 2.75) is 31.0 Å². The smallest absolute Gasteiger partial charge is 0.326 e. The van der Waals surface area contributed by atoms with E-state index in [9.17, 15) is 14.0 Å². The van der Waals surface area contributed by atoms with E-state index in [2.05, 4.69) is 10.1 Å². The van der Waals surface area contributed by atoms with Crippen molar-refractivity contribution in [2.75, 3.05) is 13.7 Å². The van der Waals surface area contributed by atoms with Gasteiger partial charge in [0.2, 0.25) is 0 Å². The zero-order valence-corrected chi connectivity index (χ0v) is 8.46. The van der Waals surface area contributed by atoms with Gasteiger partial charge in [-0.25, -0.2) is 4.39 Å². The molecule has 0 spiro atoms. The fourth-order valence-electron chi connectivity index (χ4n) is 1.79. The van der Waals surface area contributed by atoms with Gasteiger partial charge in [-0.2, -0.15) is 0 Å².